The SMILES string of the molecule is CC(C)CCO[C@@H](C)[C@H]1CC[C@H]2[C@@H]3CCC4CCCC[C@]4(C)[C@H]3CC[C@]12C. The number of fused-ring (bicyclic) bond motifs is 5. The van der Waals surface area contributed by atoms with E-state index in [1.165, 1.54) is 64.2 Å². The van der Waals surface area contributed by atoms with Crippen LogP contribution in [0.1, 0.15) is 105 Å². The Morgan fingerprint density at radius 1 is 0.815 bits per heavy atom. The Bertz CT molecular complexity index is 512. The minimum Gasteiger partial charge on any atom is -0.378 e. The van der Waals surface area contributed by atoms with Crippen LogP contribution >= 0.6 is 0 Å². The third-order valence-electron chi connectivity index (χ3n) is 10.3. The van der Waals surface area contributed by atoms with E-state index in [1.807, 2.05) is 0 Å². The van der Waals surface area contributed by atoms with Crippen LogP contribution in [0.4, 0.5) is 0 Å². The van der Waals surface area contributed by atoms with Crippen molar-refractivity contribution in [3.63, 3.8) is 0 Å². The van der Waals surface area contributed by atoms with Crippen molar-refractivity contribution in [1.29, 1.82) is 0 Å². The lowest BCUT2D eigenvalue weighted by Gasteiger charge is -2.60. The fourth-order valence-corrected chi connectivity index (χ4v) is 8.71. The van der Waals surface area contributed by atoms with Crippen LogP contribution in [0, 0.1) is 46.3 Å². The lowest BCUT2D eigenvalue weighted by Crippen LogP contribution is -2.53. The highest BCUT2D eigenvalue weighted by Gasteiger charge is 2.60. The van der Waals surface area contributed by atoms with Gasteiger partial charge in [0.15, 0.2) is 0 Å². The largest absolute Gasteiger partial charge is 0.378 e. The number of hydrogen-bond donors (Lipinski definition) is 0. The third kappa shape index (κ3) is 3.43. The van der Waals surface area contributed by atoms with E-state index in [9.17, 15) is 0 Å². The van der Waals surface area contributed by atoms with Crippen LogP contribution in [-0.2, 0) is 4.74 Å². The van der Waals surface area contributed by atoms with Gasteiger partial charge in [-0.2, -0.15) is 0 Å². The van der Waals surface area contributed by atoms with Crippen molar-refractivity contribution in [3.05, 3.63) is 0 Å². The summed E-state index contributed by atoms with van der Waals surface area (Å²) in [5.74, 6) is 5.64. The Balaban J connectivity index is 1.46. The maximum Gasteiger partial charge on any atom is 0.0580 e. The summed E-state index contributed by atoms with van der Waals surface area (Å²) in [6, 6.07) is 0. The monoisotopic (exact) mass is 374 g/mol. The molecule has 0 aromatic heterocycles. The van der Waals surface area contributed by atoms with Gasteiger partial charge in [0.25, 0.3) is 0 Å². The average Bonchev–Trinajstić information content (AvgIpc) is 2.98. The van der Waals surface area contributed by atoms with E-state index in [0.29, 0.717) is 16.9 Å². The molecule has 4 rings (SSSR count). The van der Waals surface area contributed by atoms with Crippen molar-refractivity contribution in [2.24, 2.45) is 46.3 Å². The minimum absolute atomic E-state index is 0.455. The van der Waals surface area contributed by atoms with Crippen molar-refractivity contribution in [2.75, 3.05) is 6.61 Å². The predicted octanol–water partition coefficient (Wildman–Crippen LogP) is 7.49. The van der Waals surface area contributed by atoms with Gasteiger partial charge in [0.05, 0.1) is 6.10 Å². The predicted molar refractivity (Wildman–Crippen MR) is 115 cm³/mol. The highest BCUT2D eigenvalue weighted by atomic mass is 16.5. The van der Waals surface area contributed by atoms with E-state index in [2.05, 4.69) is 34.6 Å². The molecule has 0 radical (unpaired) electrons. The second-order valence-corrected chi connectivity index (χ2v) is 11.9. The Hall–Kier alpha value is -0.0400. The van der Waals surface area contributed by atoms with Crippen LogP contribution in [0.3, 0.4) is 0 Å². The van der Waals surface area contributed by atoms with Crippen LogP contribution in [0.15, 0.2) is 0 Å². The zero-order chi connectivity index (χ0) is 19.2. The van der Waals surface area contributed by atoms with Crippen molar-refractivity contribution in [1.82, 2.24) is 0 Å². The quantitative estimate of drug-likeness (QED) is 0.484. The van der Waals surface area contributed by atoms with E-state index in [0.717, 1.165) is 42.1 Å². The number of ether oxygens (including phenoxy) is 1. The molecular formula is C26H46O. The highest BCUT2D eigenvalue weighted by Crippen LogP contribution is 2.67. The Morgan fingerprint density at radius 2 is 1.59 bits per heavy atom. The summed E-state index contributed by atoms with van der Waals surface area (Å²) < 4.78 is 6.39. The Kier molecular flexibility index (Phi) is 5.74. The molecule has 0 aromatic carbocycles. The molecule has 0 bridgehead atoms. The molecule has 0 N–H and O–H groups in total. The molecule has 0 spiro atoms. The molecule has 0 amide bonds. The molecule has 27 heavy (non-hydrogen) atoms. The van der Waals surface area contributed by atoms with Crippen molar-refractivity contribution >= 4 is 0 Å². The molecule has 1 heteroatoms. The van der Waals surface area contributed by atoms with Crippen molar-refractivity contribution in [2.45, 2.75) is 111 Å². The fourth-order valence-electron chi connectivity index (χ4n) is 8.71. The summed E-state index contributed by atoms with van der Waals surface area (Å²) in [6.45, 7) is 13.4. The van der Waals surface area contributed by atoms with Gasteiger partial charge in [-0.15, -0.1) is 0 Å². The average molecular weight is 375 g/mol. The first kappa shape index (κ1) is 20.2. The topological polar surface area (TPSA) is 9.23 Å². The van der Waals surface area contributed by atoms with Gasteiger partial charge in [0, 0.05) is 6.61 Å². The summed E-state index contributed by atoms with van der Waals surface area (Å²) in [4.78, 5) is 0. The fraction of sp³-hybridized carbons (Fsp3) is 1.00. The molecule has 0 aromatic rings. The van der Waals surface area contributed by atoms with Gasteiger partial charge in [-0.1, -0.05) is 40.5 Å². The zero-order valence-corrected chi connectivity index (χ0v) is 18.9. The molecule has 1 unspecified atom stereocenters. The van der Waals surface area contributed by atoms with Gasteiger partial charge in [-0.3, -0.25) is 0 Å². The number of rotatable bonds is 5. The normalized spacial score (nSPS) is 48.0. The molecule has 4 fully saturated rings. The molecule has 0 aliphatic heterocycles. The van der Waals surface area contributed by atoms with E-state index in [1.54, 1.807) is 6.42 Å². The van der Waals surface area contributed by atoms with Crippen LogP contribution in [0.25, 0.3) is 0 Å². The summed E-state index contributed by atoms with van der Waals surface area (Å²) in [5.41, 5.74) is 1.23. The van der Waals surface area contributed by atoms with Gasteiger partial charge in [0.1, 0.15) is 0 Å². The summed E-state index contributed by atoms with van der Waals surface area (Å²) in [5, 5.41) is 0. The Morgan fingerprint density at radius 3 is 2.37 bits per heavy atom. The minimum atomic E-state index is 0.455. The van der Waals surface area contributed by atoms with Gasteiger partial charge >= 0.3 is 0 Å². The maximum absolute atomic E-state index is 6.39. The molecule has 4 aliphatic carbocycles. The lowest BCUT2D eigenvalue weighted by atomic mass is 9.45. The van der Waals surface area contributed by atoms with Crippen LogP contribution in [0.2, 0.25) is 0 Å². The molecule has 156 valence electrons. The van der Waals surface area contributed by atoms with E-state index in [-0.39, 0.29) is 0 Å². The van der Waals surface area contributed by atoms with Gasteiger partial charge in [-0.05, 0) is 111 Å². The molecular weight excluding hydrogens is 328 g/mol. The molecule has 0 heterocycles. The maximum atomic E-state index is 6.39. The second-order valence-electron chi connectivity index (χ2n) is 11.9. The number of hydrogen-bond acceptors (Lipinski definition) is 1. The zero-order valence-electron chi connectivity index (χ0n) is 18.9. The van der Waals surface area contributed by atoms with Gasteiger partial charge in [-0.25, -0.2) is 0 Å². The van der Waals surface area contributed by atoms with Crippen LogP contribution in [-0.4, -0.2) is 12.7 Å². The van der Waals surface area contributed by atoms with Crippen molar-refractivity contribution in [3.8, 4) is 0 Å². The standard InChI is InChI=1S/C26H46O/c1-18(2)14-17-27-19(3)22-11-12-23-21-10-9-20-8-6-7-15-25(20,4)24(21)13-16-26(22,23)5/h18-24H,6-17H2,1-5H3/t19-,20?,21-,22+,23-,24-,25-,26+/m0/s1. The molecule has 4 aliphatic rings. The van der Waals surface area contributed by atoms with Gasteiger partial charge < -0.3 is 4.74 Å². The molecule has 0 saturated heterocycles. The van der Waals surface area contributed by atoms with E-state index >= 15 is 0 Å². The smallest absolute Gasteiger partial charge is 0.0580 e. The van der Waals surface area contributed by atoms with Crippen molar-refractivity contribution < 1.29 is 4.74 Å². The second kappa shape index (κ2) is 7.66. The molecule has 1 nitrogen and oxygen atoms in total. The summed E-state index contributed by atoms with van der Waals surface area (Å²) in [7, 11) is 0. The molecule has 8 atom stereocenters. The van der Waals surface area contributed by atoms with Gasteiger partial charge in [0.2, 0.25) is 0 Å². The lowest BCUT2D eigenvalue weighted by molar-refractivity contribution is -0.123. The molecule has 4 saturated carbocycles. The summed E-state index contributed by atoms with van der Waals surface area (Å²) in [6.07, 6.45) is 16.7. The highest BCUT2D eigenvalue weighted by molar-refractivity contribution is 5.09. The first-order chi connectivity index (χ1) is 12.9. The van der Waals surface area contributed by atoms with Crippen LogP contribution < -0.4 is 0 Å². The first-order valence-corrected chi connectivity index (χ1v) is 12.5. The Labute approximate surface area is 169 Å². The van der Waals surface area contributed by atoms with Crippen LogP contribution in [0.5, 0.6) is 0 Å². The summed E-state index contributed by atoms with van der Waals surface area (Å²) >= 11 is 0. The first-order valence-electron chi connectivity index (χ1n) is 12.5. The van der Waals surface area contributed by atoms with E-state index in [4.69, 9.17) is 4.74 Å². The van der Waals surface area contributed by atoms with E-state index < -0.39 is 0 Å². The third-order valence-corrected chi connectivity index (χ3v) is 10.3.